The number of nitrogens with zero attached hydrogens (tertiary/aromatic N) is 2. The van der Waals surface area contributed by atoms with Gasteiger partial charge in [0.1, 0.15) is 0 Å². The van der Waals surface area contributed by atoms with Crippen molar-refractivity contribution in [3.63, 3.8) is 0 Å². The van der Waals surface area contributed by atoms with Gasteiger partial charge in [-0.15, -0.1) is 0 Å². The quantitative estimate of drug-likeness (QED) is 0.667. The van der Waals surface area contributed by atoms with Crippen LogP contribution in [0.4, 0.5) is 0 Å². The van der Waals surface area contributed by atoms with Gasteiger partial charge in [-0.1, -0.05) is 24.4 Å². The van der Waals surface area contributed by atoms with Crippen LogP contribution in [0, 0.1) is 6.92 Å². The first-order valence-electron chi connectivity index (χ1n) is 8.29. The fourth-order valence-corrected chi connectivity index (χ4v) is 2.65. The highest BCUT2D eigenvalue weighted by Crippen LogP contribution is 2.17. The zero-order valence-electron chi connectivity index (χ0n) is 14.2. The molecule has 0 aliphatic heterocycles. The number of rotatable bonds is 9. The van der Waals surface area contributed by atoms with Gasteiger partial charge in [-0.05, 0) is 44.0 Å². The Bertz CT molecular complexity index is 726. The molecule has 2 aromatic rings. The second kappa shape index (κ2) is 9.22. The molecule has 0 fully saturated rings. The van der Waals surface area contributed by atoms with Crippen LogP contribution in [0.2, 0.25) is 5.02 Å². The molecule has 0 atom stereocenters. The molecule has 0 aliphatic carbocycles. The van der Waals surface area contributed by atoms with Gasteiger partial charge in [-0.2, -0.15) is 5.10 Å². The molecule has 1 aromatic heterocycles. The van der Waals surface area contributed by atoms with Crippen molar-refractivity contribution in [3.8, 4) is 5.69 Å². The average molecular weight is 364 g/mol. The van der Waals surface area contributed by atoms with Gasteiger partial charge in [0, 0.05) is 18.0 Å². The Labute approximate surface area is 151 Å². The maximum absolute atomic E-state index is 12.3. The van der Waals surface area contributed by atoms with E-state index < -0.39 is 5.97 Å². The SMILES string of the molecule is Cc1c(C(=O)NCCCCCCC(=O)O)cnn1-c1ccc(Cl)cc1. The van der Waals surface area contributed by atoms with Crippen molar-refractivity contribution in [2.24, 2.45) is 0 Å². The number of halogens is 1. The summed E-state index contributed by atoms with van der Waals surface area (Å²) in [6.07, 6.45) is 5.03. The predicted octanol–water partition coefficient (Wildman–Crippen LogP) is 3.60. The molecule has 134 valence electrons. The summed E-state index contributed by atoms with van der Waals surface area (Å²) in [7, 11) is 0. The molecule has 0 saturated heterocycles. The minimum absolute atomic E-state index is 0.150. The Morgan fingerprint density at radius 1 is 1.16 bits per heavy atom. The van der Waals surface area contributed by atoms with Gasteiger partial charge >= 0.3 is 5.97 Å². The predicted molar refractivity (Wildman–Crippen MR) is 96.4 cm³/mol. The van der Waals surface area contributed by atoms with E-state index in [1.54, 1.807) is 23.0 Å². The van der Waals surface area contributed by atoms with Crippen LogP contribution in [-0.2, 0) is 4.79 Å². The first-order valence-corrected chi connectivity index (χ1v) is 8.67. The zero-order chi connectivity index (χ0) is 18.2. The van der Waals surface area contributed by atoms with Gasteiger partial charge < -0.3 is 10.4 Å². The lowest BCUT2D eigenvalue weighted by Crippen LogP contribution is -2.24. The molecule has 1 aromatic carbocycles. The van der Waals surface area contributed by atoms with E-state index in [2.05, 4.69) is 10.4 Å². The summed E-state index contributed by atoms with van der Waals surface area (Å²) in [6.45, 7) is 2.42. The lowest BCUT2D eigenvalue weighted by Gasteiger charge is -2.07. The number of amides is 1. The molecule has 2 N–H and O–H groups in total. The van der Waals surface area contributed by atoms with E-state index in [1.807, 2.05) is 19.1 Å². The number of nitrogens with one attached hydrogen (secondary N) is 1. The first kappa shape index (κ1) is 19.0. The van der Waals surface area contributed by atoms with E-state index in [0.717, 1.165) is 30.6 Å². The van der Waals surface area contributed by atoms with Gasteiger partial charge in [0.25, 0.3) is 5.91 Å². The highest BCUT2D eigenvalue weighted by molar-refractivity contribution is 6.30. The monoisotopic (exact) mass is 363 g/mol. The summed E-state index contributed by atoms with van der Waals surface area (Å²) in [5.41, 5.74) is 2.15. The molecule has 7 heteroatoms. The summed E-state index contributed by atoms with van der Waals surface area (Å²) >= 11 is 5.89. The van der Waals surface area contributed by atoms with E-state index >= 15 is 0 Å². The van der Waals surface area contributed by atoms with Crippen LogP contribution in [0.15, 0.2) is 30.5 Å². The van der Waals surface area contributed by atoms with Crippen molar-refractivity contribution < 1.29 is 14.7 Å². The van der Waals surface area contributed by atoms with Gasteiger partial charge in [0.2, 0.25) is 0 Å². The molecule has 1 amide bonds. The van der Waals surface area contributed by atoms with E-state index in [-0.39, 0.29) is 12.3 Å². The molecule has 25 heavy (non-hydrogen) atoms. The Morgan fingerprint density at radius 3 is 2.52 bits per heavy atom. The molecule has 0 bridgehead atoms. The van der Waals surface area contributed by atoms with E-state index in [4.69, 9.17) is 16.7 Å². The van der Waals surface area contributed by atoms with Crippen molar-refractivity contribution in [2.75, 3.05) is 6.54 Å². The normalized spacial score (nSPS) is 10.6. The molecule has 0 spiro atoms. The van der Waals surface area contributed by atoms with Gasteiger partial charge in [-0.3, -0.25) is 9.59 Å². The molecule has 2 rings (SSSR count). The van der Waals surface area contributed by atoms with Crippen LogP contribution >= 0.6 is 11.6 Å². The topological polar surface area (TPSA) is 84.2 Å². The maximum Gasteiger partial charge on any atom is 0.303 e. The minimum Gasteiger partial charge on any atom is -0.481 e. The lowest BCUT2D eigenvalue weighted by molar-refractivity contribution is -0.137. The number of unbranched alkanes of at least 4 members (excludes halogenated alkanes) is 3. The van der Waals surface area contributed by atoms with Crippen molar-refractivity contribution >= 4 is 23.5 Å². The number of carboxylic acids is 1. The van der Waals surface area contributed by atoms with Crippen LogP contribution < -0.4 is 5.32 Å². The molecule has 0 saturated carbocycles. The van der Waals surface area contributed by atoms with E-state index in [9.17, 15) is 9.59 Å². The summed E-state index contributed by atoms with van der Waals surface area (Å²) < 4.78 is 1.71. The molecule has 1 heterocycles. The third-order valence-corrected chi connectivity index (χ3v) is 4.18. The molecule has 0 aliphatic rings. The number of hydrogen-bond donors (Lipinski definition) is 2. The number of aliphatic carboxylic acids is 1. The zero-order valence-corrected chi connectivity index (χ0v) is 14.9. The maximum atomic E-state index is 12.3. The number of hydrogen-bond acceptors (Lipinski definition) is 3. The molecule has 0 radical (unpaired) electrons. The second-order valence-electron chi connectivity index (χ2n) is 5.85. The van der Waals surface area contributed by atoms with Crippen molar-refractivity contribution in [1.82, 2.24) is 15.1 Å². The van der Waals surface area contributed by atoms with Crippen LogP contribution in [0.5, 0.6) is 0 Å². The first-order chi connectivity index (χ1) is 12.0. The minimum atomic E-state index is -0.763. The third-order valence-electron chi connectivity index (χ3n) is 3.93. The number of aromatic nitrogens is 2. The highest BCUT2D eigenvalue weighted by Gasteiger charge is 2.14. The fraction of sp³-hybridized carbons (Fsp3) is 0.389. The molecule has 6 nitrogen and oxygen atoms in total. The van der Waals surface area contributed by atoms with Gasteiger partial charge in [-0.25, -0.2) is 4.68 Å². The summed E-state index contributed by atoms with van der Waals surface area (Å²) in [5, 5.41) is 16.4. The molecular weight excluding hydrogens is 342 g/mol. The fourth-order valence-electron chi connectivity index (χ4n) is 2.53. The van der Waals surface area contributed by atoms with Crippen LogP contribution in [0.1, 0.15) is 48.2 Å². The number of carbonyl (C=O) groups is 2. The summed E-state index contributed by atoms with van der Waals surface area (Å²) in [6, 6.07) is 7.26. The lowest BCUT2D eigenvalue weighted by atomic mass is 10.1. The van der Waals surface area contributed by atoms with Crippen molar-refractivity contribution in [3.05, 3.63) is 46.7 Å². The second-order valence-corrected chi connectivity index (χ2v) is 6.28. The third kappa shape index (κ3) is 5.60. The van der Waals surface area contributed by atoms with E-state index in [0.29, 0.717) is 23.6 Å². The van der Waals surface area contributed by atoms with Crippen molar-refractivity contribution in [1.29, 1.82) is 0 Å². The number of carbonyl (C=O) groups excluding carboxylic acids is 1. The summed E-state index contributed by atoms with van der Waals surface area (Å²) in [4.78, 5) is 22.7. The Kier molecular flexibility index (Phi) is 7.01. The average Bonchev–Trinajstić information content (AvgIpc) is 2.96. The van der Waals surface area contributed by atoms with Gasteiger partial charge in [0.05, 0.1) is 23.1 Å². The Hall–Kier alpha value is -2.34. The number of benzene rings is 1. The standard InChI is InChI=1S/C18H22ClN3O3/c1-13-16(12-21-22(13)15-9-7-14(19)8-10-15)18(25)20-11-5-3-2-4-6-17(23)24/h7-10,12H,2-6,11H2,1H3,(H,20,25)(H,23,24). The summed E-state index contributed by atoms with van der Waals surface area (Å²) in [5.74, 6) is -0.912. The Morgan fingerprint density at radius 2 is 1.84 bits per heavy atom. The van der Waals surface area contributed by atoms with Crippen LogP contribution in [-0.4, -0.2) is 33.3 Å². The Balaban J connectivity index is 1.82. The largest absolute Gasteiger partial charge is 0.481 e. The molecular formula is C18H22ClN3O3. The highest BCUT2D eigenvalue weighted by atomic mass is 35.5. The number of carboxylic acid groups (broad SMARTS) is 1. The van der Waals surface area contributed by atoms with Crippen LogP contribution in [0.25, 0.3) is 5.69 Å². The smallest absolute Gasteiger partial charge is 0.303 e. The van der Waals surface area contributed by atoms with E-state index in [1.165, 1.54) is 0 Å². The molecule has 0 unspecified atom stereocenters. The van der Waals surface area contributed by atoms with Gasteiger partial charge in [0.15, 0.2) is 0 Å². The van der Waals surface area contributed by atoms with Crippen molar-refractivity contribution in [2.45, 2.75) is 39.0 Å². The van der Waals surface area contributed by atoms with Crippen LogP contribution in [0.3, 0.4) is 0 Å².